The summed E-state index contributed by atoms with van der Waals surface area (Å²) in [6, 6.07) is 66.9. The third-order valence-electron chi connectivity index (χ3n) is 15.8. The Morgan fingerprint density at radius 2 is 0.848 bits per heavy atom. The molecule has 0 atom stereocenters. The van der Waals surface area contributed by atoms with Crippen molar-refractivity contribution in [1.82, 2.24) is 0 Å². The van der Waals surface area contributed by atoms with Gasteiger partial charge >= 0.3 is 0 Å². The zero-order valence-electron chi connectivity index (χ0n) is 38.0. The van der Waals surface area contributed by atoms with Gasteiger partial charge in [0.25, 0.3) is 0 Å². The van der Waals surface area contributed by atoms with Gasteiger partial charge in [-0.3, -0.25) is 0 Å². The third-order valence-corrected chi connectivity index (χ3v) is 18.2. The molecule has 3 heteroatoms. The van der Waals surface area contributed by atoms with Crippen LogP contribution in [0.25, 0.3) is 84.9 Å². The minimum absolute atomic E-state index is 0.111. The van der Waals surface area contributed by atoms with Crippen LogP contribution in [0.15, 0.2) is 176 Å². The first-order valence-corrected chi connectivity index (χ1v) is 25.0. The smallest absolute Gasteiger partial charge is 0.0465 e. The highest BCUT2D eigenvalue weighted by molar-refractivity contribution is 7.26. The van der Waals surface area contributed by atoms with Crippen LogP contribution in [-0.4, -0.2) is 0 Å². The number of thiophene rings is 2. The van der Waals surface area contributed by atoms with Crippen LogP contribution in [0.4, 0.5) is 17.1 Å². The molecule has 0 N–H and O–H groups in total. The van der Waals surface area contributed by atoms with E-state index in [1.807, 2.05) is 22.7 Å². The average molecular weight is 882 g/mol. The van der Waals surface area contributed by atoms with Crippen LogP contribution in [0.5, 0.6) is 0 Å². The van der Waals surface area contributed by atoms with E-state index in [2.05, 4.69) is 222 Å². The molecule has 316 valence electrons. The van der Waals surface area contributed by atoms with Crippen molar-refractivity contribution < 1.29 is 0 Å². The Bertz CT molecular complexity index is 3900. The van der Waals surface area contributed by atoms with Crippen LogP contribution in [-0.2, 0) is 16.2 Å². The van der Waals surface area contributed by atoms with Gasteiger partial charge in [-0.05, 0) is 151 Å². The van der Waals surface area contributed by atoms with Crippen LogP contribution in [0.2, 0.25) is 0 Å². The van der Waals surface area contributed by atoms with E-state index < -0.39 is 0 Å². The van der Waals surface area contributed by atoms with Gasteiger partial charge in [0, 0.05) is 73.7 Å². The fourth-order valence-corrected chi connectivity index (χ4v) is 14.8. The largest absolute Gasteiger partial charge is 0.310 e. The predicted octanol–water partition coefficient (Wildman–Crippen LogP) is 18.5. The van der Waals surface area contributed by atoms with Crippen LogP contribution in [0.1, 0.15) is 74.9 Å². The first-order chi connectivity index (χ1) is 32.0. The maximum atomic E-state index is 2.58. The van der Waals surface area contributed by atoms with E-state index >= 15 is 0 Å². The van der Waals surface area contributed by atoms with Gasteiger partial charge in [0.05, 0.1) is 0 Å². The van der Waals surface area contributed by atoms with E-state index in [-0.39, 0.29) is 16.2 Å². The Morgan fingerprint density at radius 3 is 1.58 bits per heavy atom. The second-order valence-electron chi connectivity index (χ2n) is 20.4. The van der Waals surface area contributed by atoms with Crippen LogP contribution in [0.3, 0.4) is 0 Å². The lowest BCUT2D eigenvalue weighted by Crippen LogP contribution is -2.18. The number of fused-ring (bicyclic) bond motifs is 17. The van der Waals surface area contributed by atoms with Gasteiger partial charge in [0.1, 0.15) is 0 Å². The molecule has 0 spiro atoms. The van der Waals surface area contributed by atoms with Gasteiger partial charge in [0.2, 0.25) is 0 Å². The molecule has 0 fully saturated rings. The standard InChI is InChI=1S/C63H47NS2/c1-61(2)47-29-30-55-58(42-21-13-15-23-53(42)65-55)57(47)46-35-50-45(34-51(46)61)40-27-25-38(31-48(40)62(50,3)4)64(37-19-11-8-12-20-37)39-26-28-41-49(32-39)63(5,6)52-33-44(36-17-9-7-10-18-36)60-59(56(41)52)43-22-14-16-24-54(43)66-60/h7-35H,1-6H3. The Balaban J connectivity index is 0.927. The van der Waals surface area contributed by atoms with Crippen molar-refractivity contribution in [3.05, 3.63) is 209 Å². The molecule has 3 aliphatic rings. The molecule has 2 aromatic heterocycles. The molecular formula is C63H47NS2. The summed E-state index contributed by atoms with van der Waals surface area (Å²) in [7, 11) is 0. The molecule has 0 saturated carbocycles. The Hall–Kier alpha value is -6.78. The highest BCUT2D eigenvalue weighted by atomic mass is 32.1. The maximum Gasteiger partial charge on any atom is 0.0465 e. The molecule has 0 bridgehead atoms. The van der Waals surface area contributed by atoms with Crippen molar-refractivity contribution in [2.75, 3.05) is 4.90 Å². The summed E-state index contributed by atoms with van der Waals surface area (Å²) in [5, 5.41) is 5.52. The summed E-state index contributed by atoms with van der Waals surface area (Å²) in [6.07, 6.45) is 0. The zero-order chi connectivity index (χ0) is 44.4. The molecule has 11 aromatic rings. The molecular weight excluding hydrogens is 835 g/mol. The third kappa shape index (κ3) is 5.00. The summed E-state index contributed by atoms with van der Waals surface area (Å²) in [5.41, 5.74) is 22.3. The molecule has 14 rings (SSSR count). The van der Waals surface area contributed by atoms with Gasteiger partial charge in [-0.1, -0.05) is 145 Å². The van der Waals surface area contributed by atoms with Crippen LogP contribution < -0.4 is 4.90 Å². The van der Waals surface area contributed by atoms with Crippen LogP contribution >= 0.6 is 22.7 Å². The number of rotatable bonds is 4. The molecule has 0 amide bonds. The summed E-state index contributed by atoms with van der Waals surface area (Å²) in [4.78, 5) is 2.49. The van der Waals surface area contributed by atoms with Gasteiger partial charge in [-0.2, -0.15) is 0 Å². The van der Waals surface area contributed by atoms with E-state index in [0.29, 0.717) is 0 Å². The first-order valence-electron chi connectivity index (χ1n) is 23.3. The topological polar surface area (TPSA) is 3.24 Å². The molecule has 3 aliphatic carbocycles. The molecule has 0 radical (unpaired) electrons. The summed E-state index contributed by atoms with van der Waals surface area (Å²) in [6.45, 7) is 14.6. The zero-order valence-corrected chi connectivity index (χ0v) is 39.6. The number of nitrogens with zero attached hydrogens (tertiary/aromatic N) is 1. The molecule has 9 aromatic carbocycles. The fraction of sp³-hybridized carbons (Fsp3) is 0.143. The SMILES string of the molecule is CC1(C)c2cc(N(c3ccccc3)c3ccc4c(c3)C(C)(C)c3cc(-c5ccccc5)c5sc6ccccc6c5c3-4)ccc2-c2cc3c(cc21)-c1c(ccc2sc4ccccc4c12)C3(C)C. The molecule has 1 nitrogen and oxygen atoms in total. The van der Waals surface area contributed by atoms with Crippen molar-refractivity contribution in [2.45, 2.75) is 57.8 Å². The molecule has 0 aliphatic heterocycles. The number of hydrogen-bond donors (Lipinski definition) is 0. The fourth-order valence-electron chi connectivity index (χ4n) is 12.5. The molecule has 0 unspecified atom stereocenters. The van der Waals surface area contributed by atoms with Crippen molar-refractivity contribution in [1.29, 1.82) is 0 Å². The van der Waals surface area contributed by atoms with E-state index in [0.717, 1.165) is 5.69 Å². The lowest BCUT2D eigenvalue weighted by atomic mass is 9.79. The minimum Gasteiger partial charge on any atom is -0.310 e. The molecule has 2 heterocycles. The van der Waals surface area contributed by atoms with E-state index in [4.69, 9.17) is 0 Å². The van der Waals surface area contributed by atoms with Gasteiger partial charge < -0.3 is 4.90 Å². The number of benzene rings is 9. The van der Waals surface area contributed by atoms with Gasteiger partial charge in [0.15, 0.2) is 0 Å². The van der Waals surface area contributed by atoms with Crippen molar-refractivity contribution in [3.8, 4) is 44.5 Å². The number of para-hydroxylation sites is 1. The highest BCUT2D eigenvalue weighted by Crippen LogP contribution is 2.60. The monoisotopic (exact) mass is 881 g/mol. The van der Waals surface area contributed by atoms with Crippen LogP contribution in [0, 0.1) is 0 Å². The lowest BCUT2D eigenvalue weighted by Gasteiger charge is -2.29. The predicted molar refractivity (Wildman–Crippen MR) is 285 cm³/mol. The second kappa shape index (κ2) is 13.2. The number of anilines is 3. The minimum atomic E-state index is -0.223. The lowest BCUT2D eigenvalue weighted by molar-refractivity contribution is 0.652. The molecule has 0 saturated heterocycles. The van der Waals surface area contributed by atoms with Gasteiger partial charge in [-0.15, -0.1) is 22.7 Å². The van der Waals surface area contributed by atoms with Gasteiger partial charge in [-0.25, -0.2) is 0 Å². The van der Waals surface area contributed by atoms with Crippen molar-refractivity contribution >= 4 is 80.1 Å². The quantitative estimate of drug-likeness (QED) is 0.170. The second-order valence-corrected chi connectivity index (χ2v) is 22.6. The maximum absolute atomic E-state index is 2.58. The van der Waals surface area contributed by atoms with E-state index in [9.17, 15) is 0 Å². The summed E-state index contributed by atoms with van der Waals surface area (Å²) >= 11 is 3.84. The Labute approximate surface area is 394 Å². The Morgan fingerprint density at radius 1 is 0.333 bits per heavy atom. The Kier molecular flexibility index (Phi) is 7.69. The van der Waals surface area contributed by atoms with E-state index in [1.54, 1.807) is 0 Å². The average Bonchev–Trinajstić information content (AvgIpc) is 4.08. The van der Waals surface area contributed by atoms with E-state index in [1.165, 1.54) is 130 Å². The summed E-state index contributed by atoms with van der Waals surface area (Å²) < 4.78 is 5.44. The molecule has 66 heavy (non-hydrogen) atoms. The van der Waals surface area contributed by atoms with Crippen molar-refractivity contribution in [2.24, 2.45) is 0 Å². The number of hydrogen-bond acceptors (Lipinski definition) is 3. The van der Waals surface area contributed by atoms with Crippen molar-refractivity contribution in [3.63, 3.8) is 0 Å². The normalized spacial score (nSPS) is 15.5. The summed E-state index contributed by atoms with van der Waals surface area (Å²) in [5.74, 6) is 0. The first kappa shape index (κ1) is 38.5. The highest BCUT2D eigenvalue weighted by Gasteiger charge is 2.43.